The third-order valence-electron chi connectivity index (χ3n) is 3.45. The summed E-state index contributed by atoms with van der Waals surface area (Å²) in [7, 11) is 0. The van der Waals surface area contributed by atoms with E-state index in [4.69, 9.17) is 5.73 Å². The lowest BCUT2D eigenvalue weighted by molar-refractivity contribution is 0.242. The van der Waals surface area contributed by atoms with Gasteiger partial charge in [-0.1, -0.05) is 12.5 Å². The standard InChI is InChI=1S/C12H15F2N/c1-8-5-9(11(14)10(13)6-8)12(7-15)3-2-4-12/h5-6H,2-4,7,15H2,1H3. The molecule has 3 heteroatoms. The molecular weight excluding hydrogens is 196 g/mol. The second kappa shape index (κ2) is 3.56. The zero-order valence-corrected chi connectivity index (χ0v) is 8.82. The van der Waals surface area contributed by atoms with Crippen molar-refractivity contribution < 1.29 is 8.78 Å². The quantitative estimate of drug-likeness (QED) is 0.799. The van der Waals surface area contributed by atoms with Crippen molar-refractivity contribution in [3.05, 3.63) is 34.9 Å². The highest BCUT2D eigenvalue weighted by Crippen LogP contribution is 2.44. The maximum atomic E-state index is 13.7. The summed E-state index contributed by atoms with van der Waals surface area (Å²) in [6, 6.07) is 2.95. The molecule has 0 radical (unpaired) electrons. The molecule has 1 aliphatic rings. The van der Waals surface area contributed by atoms with Gasteiger partial charge < -0.3 is 5.73 Å². The first-order chi connectivity index (χ1) is 7.09. The van der Waals surface area contributed by atoms with Crippen molar-refractivity contribution in [3.63, 3.8) is 0 Å². The van der Waals surface area contributed by atoms with Gasteiger partial charge in [-0.3, -0.25) is 0 Å². The zero-order valence-electron chi connectivity index (χ0n) is 8.82. The number of benzene rings is 1. The summed E-state index contributed by atoms with van der Waals surface area (Å²) >= 11 is 0. The first kappa shape index (κ1) is 10.6. The predicted molar refractivity (Wildman–Crippen MR) is 55.7 cm³/mol. The van der Waals surface area contributed by atoms with E-state index in [2.05, 4.69) is 0 Å². The Kier molecular flexibility index (Phi) is 2.51. The molecule has 1 aromatic carbocycles. The van der Waals surface area contributed by atoms with Crippen LogP contribution in [0, 0.1) is 18.6 Å². The van der Waals surface area contributed by atoms with Gasteiger partial charge in [-0.05, 0) is 37.0 Å². The molecule has 0 aromatic heterocycles. The molecule has 1 saturated carbocycles. The topological polar surface area (TPSA) is 26.0 Å². The number of rotatable bonds is 2. The van der Waals surface area contributed by atoms with Crippen LogP contribution >= 0.6 is 0 Å². The first-order valence-corrected chi connectivity index (χ1v) is 5.25. The Labute approximate surface area is 88.3 Å². The molecule has 0 saturated heterocycles. The van der Waals surface area contributed by atoms with Crippen LogP contribution in [0.3, 0.4) is 0 Å². The minimum Gasteiger partial charge on any atom is -0.330 e. The van der Waals surface area contributed by atoms with Crippen LogP contribution < -0.4 is 5.73 Å². The normalized spacial score (nSPS) is 18.7. The van der Waals surface area contributed by atoms with Crippen LogP contribution in [0.4, 0.5) is 8.78 Å². The van der Waals surface area contributed by atoms with Crippen molar-refractivity contribution in [3.8, 4) is 0 Å². The van der Waals surface area contributed by atoms with Gasteiger partial charge in [-0.25, -0.2) is 8.78 Å². The van der Waals surface area contributed by atoms with E-state index in [0.717, 1.165) is 24.8 Å². The SMILES string of the molecule is Cc1cc(F)c(F)c(C2(CN)CCC2)c1. The van der Waals surface area contributed by atoms with E-state index in [-0.39, 0.29) is 5.41 Å². The Morgan fingerprint density at radius 2 is 2.00 bits per heavy atom. The van der Waals surface area contributed by atoms with Crippen molar-refractivity contribution in [2.24, 2.45) is 5.73 Å². The van der Waals surface area contributed by atoms with E-state index in [9.17, 15) is 8.78 Å². The van der Waals surface area contributed by atoms with E-state index in [0.29, 0.717) is 12.1 Å². The Morgan fingerprint density at radius 3 is 2.47 bits per heavy atom. The minimum absolute atomic E-state index is 0.309. The maximum Gasteiger partial charge on any atom is 0.162 e. The fourth-order valence-corrected chi connectivity index (χ4v) is 2.30. The van der Waals surface area contributed by atoms with E-state index in [1.807, 2.05) is 0 Å². The molecule has 0 unspecified atom stereocenters. The van der Waals surface area contributed by atoms with Crippen LogP contribution in [0.1, 0.15) is 30.4 Å². The van der Waals surface area contributed by atoms with Gasteiger partial charge in [0.1, 0.15) is 0 Å². The Hall–Kier alpha value is -0.960. The maximum absolute atomic E-state index is 13.7. The predicted octanol–water partition coefficient (Wildman–Crippen LogP) is 2.65. The summed E-state index contributed by atoms with van der Waals surface area (Å²) in [6.07, 6.45) is 2.78. The summed E-state index contributed by atoms with van der Waals surface area (Å²) < 4.78 is 26.9. The molecule has 1 aliphatic carbocycles. The molecule has 2 rings (SSSR count). The van der Waals surface area contributed by atoms with E-state index >= 15 is 0 Å². The van der Waals surface area contributed by atoms with Crippen LogP contribution in [0.5, 0.6) is 0 Å². The number of hydrogen-bond acceptors (Lipinski definition) is 1. The van der Waals surface area contributed by atoms with Crippen LogP contribution in [0.2, 0.25) is 0 Å². The molecule has 0 spiro atoms. The van der Waals surface area contributed by atoms with Crippen LogP contribution in [0.15, 0.2) is 12.1 Å². The Balaban J connectivity index is 2.51. The van der Waals surface area contributed by atoms with Crippen molar-refractivity contribution in [2.45, 2.75) is 31.6 Å². The highest BCUT2D eigenvalue weighted by atomic mass is 19.2. The van der Waals surface area contributed by atoms with E-state index in [1.165, 1.54) is 6.07 Å². The van der Waals surface area contributed by atoms with Gasteiger partial charge in [0.25, 0.3) is 0 Å². The molecule has 1 fully saturated rings. The molecule has 0 amide bonds. The van der Waals surface area contributed by atoms with Crippen molar-refractivity contribution in [1.82, 2.24) is 0 Å². The lowest BCUT2D eigenvalue weighted by Crippen LogP contribution is -2.42. The van der Waals surface area contributed by atoms with Crippen molar-refractivity contribution in [1.29, 1.82) is 0 Å². The molecule has 0 aliphatic heterocycles. The summed E-state index contributed by atoms with van der Waals surface area (Å²) in [6.45, 7) is 2.17. The molecule has 15 heavy (non-hydrogen) atoms. The fraction of sp³-hybridized carbons (Fsp3) is 0.500. The summed E-state index contributed by atoms with van der Waals surface area (Å²) in [4.78, 5) is 0. The first-order valence-electron chi connectivity index (χ1n) is 5.25. The number of aryl methyl sites for hydroxylation is 1. The number of nitrogens with two attached hydrogens (primary N) is 1. The summed E-state index contributed by atoms with van der Waals surface area (Å²) in [5, 5.41) is 0. The third kappa shape index (κ3) is 1.55. The van der Waals surface area contributed by atoms with Crippen molar-refractivity contribution in [2.75, 3.05) is 6.54 Å². The molecular formula is C12H15F2N. The summed E-state index contributed by atoms with van der Waals surface area (Å²) in [5.74, 6) is -1.48. The molecule has 82 valence electrons. The van der Waals surface area contributed by atoms with E-state index in [1.54, 1.807) is 13.0 Å². The second-order valence-corrected chi connectivity index (χ2v) is 4.45. The van der Waals surface area contributed by atoms with Crippen molar-refractivity contribution >= 4 is 0 Å². The smallest absolute Gasteiger partial charge is 0.162 e. The van der Waals surface area contributed by atoms with Gasteiger partial charge in [0.15, 0.2) is 11.6 Å². The molecule has 0 bridgehead atoms. The van der Waals surface area contributed by atoms with Crippen LogP contribution in [0.25, 0.3) is 0 Å². The van der Waals surface area contributed by atoms with Gasteiger partial charge in [-0.15, -0.1) is 0 Å². The lowest BCUT2D eigenvalue weighted by Gasteiger charge is -2.41. The Morgan fingerprint density at radius 1 is 1.33 bits per heavy atom. The van der Waals surface area contributed by atoms with Crippen LogP contribution in [-0.2, 0) is 5.41 Å². The molecule has 1 aromatic rings. The summed E-state index contributed by atoms with van der Waals surface area (Å²) in [5.41, 5.74) is 6.59. The average molecular weight is 211 g/mol. The lowest BCUT2D eigenvalue weighted by atomic mass is 9.64. The van der Waals surface area contributed by atoms with Gasteiger partial charge in [0.05, 0.1) is 0 Å². The molecule has 0 atom stereocenters. The monoisotopic (exact) mass is 211 g/mol. The average Bonchev–Trinajstić information content (AvgIpc) is 2.12. The highest BCUT2D eigenvalue weighted by Gasteiger charge is 2.40. The zero-order chi connectivity index (χ0) is 11.1. The second-order valence-electron chi connectivity index (χ2n) is 4.45. The van der Waals surface area contributed by atoms with Gasteiger partial charge in [0, 0.05) is 12.0 Å². The van der Waals surface area contributed by atoms with Gasteiger partial charge >= 0.3 is 0 Å². The fourth-order valence-electron chi connectivity index (χ4n) is 2.30. The highest BCUT2D eigenvalue weighted by molar-refractivity contribution is 5.34. The van der Waals surface area contributed by atoms with Gasteiger partial charge in [0.2, 0.25) is 0 Å². The molecule has 2 N–H and O–H groups in total. The third-order valence-corrected chi connectivity index (χ3v) is 3.45. The molecule has 1 nitrogen and oxygen atoms in total. The van der Waals surface area contributed by atoms with Crippen LogP contribution in [-0.4, -0.2) is 6.54 Å². The number of halogens is 2. The molecule has 0 heterocycles. The Bertz CT molecular complexity index is 378. The minimum atomic E-state index is -0.760. The van der Waals surface area contributed by atoms with Gasteiger partial charge in [-0.2, -0.15) is 0 Å². The largest absolute Gasteiger partial charge is 0.330 e. The van der Waals surface area contributed by atoms with E-state index < -0.39 is 11.6 Å². The number of hydrogen-bond donors (Lipinski definition) is 1.